The molecule has 3 aromatic carbocycles. The minimum atomic E-state index is -0.215. The van der Waals surface area contributed by atoms with Crippen molar-refractivity contribution < 1.29 is 9.53 Å². The van der Waals surface area contributed by atoms with Crippen molar-refractivity contribution in [1.29, 1.82) is 0 Å². The SMILES string of the molecule is COc1cc(C)c(C(=O)N[C@H](c2ccccc2)c2ccc(C)cc2)cc1C(C)C. The lowest BCUT2D eigenvalue weighted by Crippen LogP contribution is -2.30. The maximum absolute atomic E-state index is 13.3. The topological polar surface area (TPSA) is 38.3 Å². The van der Waals surface area contributed by atoms with Crippen LogP contribution in [0, 0.1) is 13.8 Å². The van der Waals surface area contributed by atoms with E-state index in [-0.39, 0.29) is 17.9 Å². The van der Waals surface area contributed by atoms with Gasteiger partial charge in [-0.3, -0.25) is 4.79 Å². The summed E-state index contributed by atoms with van der Waals surface area (Å²) in [6.45, 7) is 8.22. The molecule has 1 N–H and O–H groups in total. The van der Waals surface area contributed by atoms with Crippen LogP contribution in [0.15, 0.2) is 66.7 Å². The third-order valence-corrected chi connectivity index (χ3v) is 5.26. The molecule has 150 valence electrons. The average molecular weight is 388 g/mol. The Morgan fingerprint density at radius 2 is 1.52 bits per heavy atom. The summed E-state index contributed by atoms with van der Waals surface area (Å²) in [6, 6.07) is 22.1. The largest absolute Gasteiger partial charge is 0.496 e. The number of amides is 1. The maximum atomic E-state index is 13.3. The Morgan fingerprint density at radius 3 is 2.10 bits per heavy atom. The summed E-state index contributed by atoms with van der Waals surface area (Å²) in [6.07, 6.45) is 0. The molecule has 0 saturated carbocycles. The van der Waals surface area contributed by atoms with Gasteiger partial charge < -0.3 is 10.1 Å². The molecule has 1 amide bonds. The first kappa shape index (κ1) is 20.7. The van der Waals surface area contributed by atoms with Crippen molar-refractivity contribution in [3.8, 4) is 5.75 Å². The van der Waals surface area contributed by atoms with E-state index in [9.17, 15) is 4.79 Å². The minimum absolute atomic E-state index is 0.0820. The third kappa shape index (κ3) is 4.68. The molecule has 1 atom stereocenters. The van der Waals surface area contributed by atoms with Crippen LogP contribution in [0.4, 0.5) is 0 Å². The van der Waals surface area contributed by atoms with E-state index in [1.807, 2.05) is 49.4 Å². The molecule has 0 heterocycles. The Hall–Kier alpha value is -3.07. The van der Waals surface area contributed by atoms with E-state index >= 15 is 0 Å². The zero-order valence-electron chi connectivity index (χ0n) is 17.8. The molecule has 0 radical (unpaired) electrons. The van der Waals surface area contributed by atoms with Crippen LogP contribution in [-0.2, 0) is 0 Å². The van der Waals surface area contributed by atoms with E-state index in [0.717, 1.165) is 28.0 Å². The van der Waals surface area contributed by atoms with Crippen LogP contribution in [0.25, 0.3) is 0 Å². The first-order chi connectivity index (χ1) is 13.9. The van der Waals surface area contributed by atoms with Gasteiger partial charge in [-0.1, -0.05) is 74.0 Å². The fraction of sp³-hybridized carbons (Fsp3) is 0.269. The Balaban J connectivity index is 1.99. The van der Waals surface area contributed by atoms with Gasteiger partial charge in [-0.25, -0.2) is 0 Å². The molecule has 0 aliphatic rings. The number of benzene rings is 3. The second kappa shape index (κ2) is 8.95. The molecule has 0 aromatic heterocycles. The Kier molecular flexibility index (Phi) is 6.38. The summed E-state index contributed by atoms with van der Waals surface area (Å²) in [7, 11) is 1.67. The molecule has 3 rings (SSSR count). The molecule has 0 spiro atoms. The van der Waals surface area contributed by atoms with Gasteiger partial charge in [-0.2, -0.15) is 0 Å². The first-order valence-corrected chi connectivity index (χ1v) is 10.0. The summed E-state index contributed by atoms with van der Waals surface area (Å²) in [5, 5.41) is 3.25. The number of hydrogen-bond donors (Lipinski definition) is 1. The number of ether oxygens (including phenoxy) is 1. The second-order valence-corrected chi connectivity index (χ2v) is 7.79. The van der Waals surface area contributed by atoms with Crippen LogP contribution in [0.5, 0.6) is 5.75 Å². The highest BCUT2D eigenvalue weighted by Gasteiger charge is 2.21. The summed E-state index contributed by atoms with van der Waals surface area (Å²) >= 11 is 0. The highest BCUT2D eigenvalue weighted by Crippen LogP contribution is 2.30. The van der Waals surface area contributed by atoms with Crippen LogP contribution in [0.1, 0.15) is 64.0 Å². The van der Waals surface area contributed by atoms with Crippen molar-refractivity contribution in [2.45, 2.75) is 39.7 Å². The number of nitrogens with one attached hydrogen (secondary N) is 1. The number of carbonyl (C=O) groups is 1. The van der Waals surface area contributed by atoms with Crippen LogP contribution in [-0.4, -0.2) is 13.0 Å². The van der Waals surface area contributed by atoms with Gasteiger partial charge >= 0.3 is 0 Å². The van der Waals surface area contributed by atoms with Crippen molar-refractivity contribution in [1.82, 2.24) is 5.32 Å². The smallest absolute Gasteiger partial charge is 0.252 e. The molecule has 29 heavy (non-hydrogen) atoms. The monoisotopic (exact) mass is 387 g/mol. The minimum Gasteiger partial charge on any atom is -0.496 e. The summed E-state index contributed by atoms with van der Waals surface area (Å²) < 4.78 is 5.52. The van der Waals surface area contributed by atoms with E-state index in [2.05, 4.69) is 50.4 Å². The highest BCUT2D eigenvalue weighted by atomic mass is 16.5. The second-order valence-electron chi connectivity index (χ2n) is 7.79. The summed E-state index contributed by atoms with van der Waals surface area (Å²) in [5.41, 5.74) is 5.93. The number of hydrogen-bond acceptors (Lipinski definition) is 2. The summed E-state index contributed by atoms with van der Waals surface area (Å²) in [4.78, 5) is 13.3. The van der Waals surface area contributed by atoms with Crippen molar-refractivity contribution in [2.24, 2.45) is 0 Å². The highest BCUT2D eigenvalue weighted by molar-refractivity contribution is 5.96. The molecule has 0 unspecified atom stereocenters. The van der Waals surface area contributed by atoms with Gasteiger partial charge in [0.1, 0.15) is 5.75 Å². The molecule has 0 aliphatic carbocycles. The average Bonchev–Trinajstić information content (AvgIpc) is 2.72. The predicted octanol–water partition coefficient (Wildman–Crippen LogP) is 5.95. The van der Waals surface area contributed by atoms with Crippen molar-refractivity contribution >= 4 is 5.91 Å². The predicted molar refractivity (Wildman–Crippen MR) is 119 cm³/mol. The lowest BCUT2D eigenvalue weighted by atomic mass is 9.94. The molecule has 3 nitrogen and oxygen atoms in total. The van der Waals surface area contributed by atoms with Crippen LogP contribution < -0.4 is 10.1 Å². The summed E-state index contributed by atoms with van der Waals surface area (Å²) in [5.74, 6) is 1.01. The number of methoxy groups -OCH3 is 1. The van der Waals surface area contributed by atoms with Gasteiger partial charge in [-0.05, 0) is 54.2 Å². The molecule has 0 saturated heterocycles. The zero-order valence-corrected chi connectivity index (χ0v) is 17.8. The van der Waals surface area contributed by atoms with Crippen molar-refractivity contribution in [2.75, 3.05) is 7.11 Å². The van der Waals surface area contributed by atoms with Gasteiger partial charge in [0.15, 0.2) is 0 Å². The van der Waals surface area contributed by atoms with Gasteiger partial charge in [0.05, 0.1) is 13.2 Å². The van der Waals surface area contributed by atoms with Crippen LogP contribution in [0.3, 0.4) is 0 Å². The number of rotatable bonds is 6. The molecule has 0 aliphatic heterocycles. The van der Waals surface area contributed by atoms with E-state index in [0.29, 0.717) is 5.56 Å². The van der Waals surface area contributed by atoms with Gasteiger partial charge in [0, 0.05) is 5.56 Å². The standard InChI is InChI=1S/C26H29NO2/c1-17(2)22-16-23(19(4)15-24(22)29-5)26(28)27-25(20-9-7-6-8-10-20)21-13-11-18(3)12-14-21/h6-17,25H,1-5H3,(H,27,28)/t25-/m1/s1. The lowest BCUT2D eigenvalue weighted by molar-refractivity contribution is 0.0942. The Labute approximate surface area is 173 Å². The fourth-order valence-corrected chi connectivity index (χ4v) is 3.54. The molecular weight excluding hydrogens is 358 g/mol. The maximum Gasteiger partial charge on any atom is 0.252 e. The van der Waals surface area contributed by atoms with Gasteiger partial charge in [0.25, 0.3) is 5.91 Å². The van der Waals surface area contributed by atoms with Gasteiger partial charge in [-0.15, -0.1) is 0 Å². The Bertz CT molecular complexity index is 976. The molecule has 3 heteroatoms. The first-order valence-electron chi connectivity index (χ1n) is 10.0. The van der Waals surface area contributed by atoms with E-state index in [1.54, 1.807) is 7.11 Å². The van der Waals surface area contributed by atoms with Crippen molar-refractivity contribution in [3.63, 3.8) is 0 Å². The normalized spacial score (nSPS) is 11.9. The van der Waals surface area contributed by atoms with Crippen LogP contribution in [0.2, 0.25) is 0 Å². The molecule has 0 bridgehead atoms. The number of carbonyl (C=O) groups excluding carboxylic acids is 1. The molecule has 3 aromatic rings. The molecule has 0 fully saturated rings. The van der Waals surface area contributed by atoms with Crippen LogP contribution >= 0.6 is 0 Å². The quantitative estimate of drug-likeness (QED) is 0.567. The van der Waals surface area contributed by atoms with Gasteiger partial charge in [0.2, 0.25) is 0 Å². The Morgan fingerprint density at radius 1 is 0.897 bits per heavy atom. The number of aryl methyl sites for hydroxylation is 2. The van der Waals surface area contributed by atoms with E-state index in [4.69, 9.17) is 4.74 Å². The van der Waals surface area contributed by atoms with Crippen molar-refractivity contribution in [3.05, 3.63) is 100 Å². The molecular formula is C26H29NO2. The fourth-order valence-electron chi connectivity index (χ4n) is 3.54. The van der Waals surface area contributed by atoms with E-state index in [1.165, 1.54) is 5.56 Å². The zero-order chi connectivity index (χ0) is 21.0. The lowest BCUT2D eigenvalue weighted by Gasteiger charge is -2.22. The van der Waals surface area contributed by atoms with E-state index < -0.39 is 0 Å². The third-order valence-electron chi connectivity index (χ3n) is 5.26.